The van der Waals surface area contributed by atoms with E-state index in [1.165, 1.54) is 35.2 Å². The Morgan fingerprint density at radius 1 is 0.319 bits per heavy atom. The molecular weight excluding hydrogens is 1620 g/mol. The number of piperazine rings is 4. The van der Waals surface area contributed by atoms with Gasteiger partial charge in [0, 0.05) is 212 Å². The molecule has 119 heavy (non-hydrogen) atoms. The van der Waals surface area contributed by atoms with Crippen LogP contribution in [0.1, 0.15) is 79.5 Å². The predicted molar refractivity (Wildman–Crippen MR) is 456 cm³/mol. The van der Waals surface area contributed by atoms with Gasteiger partial charge in [0.2, 0.25) is 0 Å². The molecule has 0 bridgehead atoms. The van der Waals surface area contributed by atoms with Crippen LogP contribution in [0.2, 0.25) is 20.1 Å². The number of hydrogen-bond acceptors (Lipinski definition) is 8. The summed E-state index contributed by atoms with van der Waals surface area (Å²) in [5.41, 5.74) is 8.76. The number of aromatic nitrogens is 4. The number of amides is 12. The summed E-state index contributed by atoms with van der Waals surface area (Å²) in [6.45, 7) is 12.0. The minimum atomic E-state index is -3.37. The maximum absolute atomic E-state index is 13.7. The highest BCUT2D eigenvalue weighted by Gasteiger charge is 2.33. The number of nitrogens with zero attached hydrogens (tertiary/aromatic N) is 8. The summed E-state index contributed by atoms with van der Waals surface area (Å²) in [6.07, 6.45) is 0. The monoisotopic (exact) mass is 1700 g/mol. The molecule has 12 aromatic rings. The van der Waals surface area contributed by atoms with Crippen LogP contribution in [0.3, 0.4) is 0 Å². The number of hydrogen-bond donors (Lipinski definition) is 8. The second kappa shape index (κ2) is 36.7. The Bertz CT molecular complexity index is 5770. The van der Waals surface area contributed by atoms with Gasteiger partial charge in [0.25, 0.3) is 35.5 Å². The van der Waals surface area contributed by atoms with Crippen LogP contribution in [0.4, 0.5) is 63.9 Å². The second-order valence-corrected chi connectivity index (χ2v) is 31.0. The number of halogens is 9. The smallest absolute Gasteiger partial charge is 0.321 e. The third-order valence-electron chi connectivity index (χ3n) is 20.6. The van der Waals surface area contributed by atoms with Crippen molar-refractivity contribution in [1.29, 1.82) is 0 Å². The van der Waals surface area contributed by atoms with Crippen molar-refractivity contribution in [2.75, 3.05) is 126 Å². The zero-order valence-electron chi connectivity index (χ0n) is 65.0. The number of aryl methyl sites for hydroxylation is 2. The lowest BCUT2D eigenvalue weighted by molar-refractivity contribution is 0.0136. The second-order valence-electron chi connectivity index (χ2n) is 29.3. The number of alkyl halides is 4. The number of anilines is 4. The number of benzene rings is 8. The average molecular weight is 1710 g/mol. The van der Waals surface area contributed by atoms with E-state index < -0.39 is 29.3 Å². The number of carbonyl (C=O) groups excluding carboxylic acids is 8. The van der Waals surface area contributed by atoms with E-state index in [0.717, 1.165) is 85.2 Å². The fourth-order valence-corrected chi connectivity index (χ4v) is 14.7. The van der Waals surface area contributed by atoms with Gasteiger partial charge in [0.1, 0.15) is 28.6 Å². The molecule has 620 valence electrons. The Morgan fingerprint density at radius 3 is 0.891 bits per heavy atom. The molecule has 0 aliphatic carbocycles. The molecule has 12 amide bonds. The molecule has 0 unspecified atom stereocenters. The van der Waals surface area contributed by atoms with Crippen molar-refractivity contribution in [3.63, 3.8) is 0 Å². The quantitative estimate of drug-likeness (QED) is 0.0608. The first kappa shape index (κ1) is 84.6. The average Bonchev–Trinajstić information content (AvgIpc) is 1.59. The molecule has 33 heteroatoms. The maximum Gasteiger partial charge on any atom is 0.321 e. The topological polar surface area (TPSA) is 274 Å². The van der Waals surface area contributed by atoms with Crippen molar-refractivity contribution in [3.8, 4) is 0 Å². The summed E-state index contributed by atoms with van der Waals surface area (Å²) < 4.78 is 67.3. The van der Waals surface area contributed by atoms with Crippen LogP contribution < -0.4 is 21.3 Å². The number of aromatic amines is 4. The molecule has 0 saturated carbocycles. The number of fused-ring (bicyclic) bond motifs is 4. The molecule has 4 saturated heterocycles. The van der Waals surface area contributed by atoms with Crippen LogP contribution in [0, 0.1) is 19.7 Å². The summed E-state index contributed by atoms with van der Waals surface area (Å²) in [6, 6.07) is 51.6. The standard InChI is InChI=1S/C22H20ClF3N4O2.C22H21ClF2N4O2.2C21H21ClN4O2.H2/c1-22(25,26)16-12-15(3-4-17(16)24)27-21(32)30-8-6-29(7-9-30)20(31)19-11-13-10-14(23)2-5-18(13)28-19;1-22(24,25)15-2-5-17(6-3-15)26-21(31)29-10-8-28(9-11-29)20(30)19-13-14-12-16(23)4-7-18(14)27-19;1-14-2-5-17(6-3-14)23-21(28)26-10-8-25(9-11-26)20(27)19-13-15-12-16(22)4-7-18(15)24-19;1-14-3-2-4-17(11-14)23-21(28)26-9-7-25(8-10-26)20(27)19-13-15-12-16(22)5-6-18(15)24-19;/h2-5,10-12,28H,6-9H2,1H3,(H,27,32);2-7,12-13,27H,8-11H2,1H3,(H,26,31);2-7,12-13,24H,8-11H2,1H3,(H,23,28);2-6,11-13,24H,7-10H2,1H3,(H,23,28);1H. The summed E-state index contributed by atoms with van der Waals surface area (Å²) in [7, 11) is 0. The first-order valence-corrected chi connectivity index (χ1v) is 39.7. The van der Waals surface area contributed by atoms with Crippen LogP contribution in [0.15, 0.2) is 188 Å². The lowest BCUT2D eigenvalue weighted by Gasteiger charge is -2.34. The van der Waals surface area contributed by atoms with E-state index in [1.807, 2.05) is 105 Å². The molecule has 4 fully saturated rings. The molecule has 0 atom stereocenters. The molecule has 4 aromatic heterocycles. The molecule has 8 heterocycles. The number of carbonyl (C=O) groups is 8. The van der Waals surface area contributed by atoms with Crippen LogP contribution in [0.25, 0.3) is 43.6 Å². The number of nitrogens with one attached hydrogen (secondary N) is 8. The lowest BCUT2D eigenvalue weighted by Crippen LogP contribution is -2.51. The van der Waals surface area contributed by atoms with Crippen molar-refractivity contribution in [2.24, 2.45) is 0 Å². The molecule has 0 spiro atoms. The van der Waals surface area contributed by atoms with E-state index in [9.17, 15) is 60.3 Å². The van der Waals surface area contributed by atoms with Gasteiger partial charge in [-0.3, -0.25) is 19.2 Å². The Labute approximate surface area is 701 Å². The van der Waals surface area contributed by atoms with Crippen LogP contribution in [0.5, 0.6) is 0 Å². The highest BCUT2D eigenvalue weighted by molar-refractivity contribution is 6.32. The molecule has 8 N–H and O–H groups in total. The number of urea groups is 4. The van der Waals surface area contributed by atoms with Gasteiger partial charge in [-0.25, -0.2) is 41.1 Å². The van der Waals surface area contributed by atoms with E-state index in [1.54, 1.807) is 88.9 Å². The van der Waals surface area contributed by atoms with Gasteiger partial charge in [-0.05, 0) is 171 Å². The maximum atomic E-state index is 13.7. The predicted octanol–water partition coefficient (Wildman–Crippen LogP) is 18.5. The fraction of sp³-hybridized carbons (Fsp3) is 0.256. The van der Waals surface area contributed by atoms with Crippen molar-refractivity contribution < 1.29 is 61.7 Å². The van der Waals surface area contributed by atoms with Crippen molar-refractivity contribution in [3.05, 3.63) is 259 Å². The lowest BCUT2D eigenvalue weighted by atomic mass is 10.1. The Hall–Kier alpha value is -12.3. The van der Waals surface area contributed by atoms with Gasteiger partial charge in [0.15, 0.2) is 0 Å². The summed E-state index contributed by atoms with van der Waals surface area (Å²) in [5, 5.41) is 17.0. The SMILES string of the molecule is CC(F)(F)c1cc(NC(=O)N2CCN(C(=O)c3cc4cc(Cl)ccc4[nH]3)CC2)ccc1F.CC(F)(F)c1ccc(NC(=O)N2CCN(C(=O)c3cc4cc(Cl)ccc4[nH]3)CC2)cc1.Cc1ccc(NC(=O)N2CCN(C(=O)c3cc4cc(Cl)ccc4[nH]3)CC2)cc1.Cc1cccc(NC(=O)N2CCN(C(=O)c3cc4cc(Cl)ccc4[nH]3)CC2)c1.[HH]. The minimum Gasteiger partial charge on any atom is -0.351 e. The van der Waals surface area contributed by atoms with E-state index in [-0.39, 0.29) is 67.5 Å². The van der Waals surface area contributed by atoms with Gasteiger partial charge in [-0.15, -0.1) is 0 Å². The zero-order chi connectivity index (χ0) is 84.6. The van der Waals surface area contributed by atoms with Crippen molar-refractivity contribution in [1.82, 2.24) is 59.1 Å². The Morgan fingerprint density at radius 2 is 0.597 bits per heavy atom. The first-order chi connectivity index (χ1) is 56.8. The van der Waals surface area contributed by atoms with Crippen LogP contribution in [-0.4, -0.2) is 212 Å². The minimum absolute atomic E-state index is 0. The highest BCUT2D eigenvalue weighted by atomic mass is 35.5. The summed E-state index contributed by atoms with van der Waals surface area (Å²) in [5.74, 6) is -7.79. The van der Waals surface area contributed by atoms with Gasteiger partial charge in [0.05, 0.1) is 5.56 Å². The van der Waals surface area contributed by atoms with Crippen LogP contribution >= 0.6 is 46.4 Å². The first-order valence-electron chi connectivity index (χ1n) is 38.1. The largest absolute Gasteiger partial charge is 0.351 e. The highest BCUT2D eigenvalue weighted by Crippen LogP contribution is 2.33. The molecule has 24 nitrogen and oxygen atoms in total. The van der Waals surface area contributed by atoms with Crippen molar-refractivity contribution in [2.45, 2.75) is 39.5 Å². The number of H-pyrrole nitrogens is 4. The van der Waals surface area contributed by atoms with Gasteiger partial charge in [-0.1, -0.05) is 88.4 Å². The molecule has 16 rings (SSSR count). The summed E-state index contributed by atoms with van der Waals surface area (Å²) >= 11 is 24.0. The number of rotatable bonds is 10. The molecule has 4 aliphatic rings. The Kier molecular flexibility index (Phi) is 26.1. The van der Waals surface area contributed by atoms with Gasteiger partial charge >= 0.3 is 24.1 Å². The third kappa shape index (κ3) is 21.4. The van der Waals surface area contributed by atoms with E-state index in [4.69, 9.17) is 46.4 Å². The fourth-order valence-electron chi connectivity index (χ4n) is 14.0. The zero-order valence-corrected chi connectivity index (χ0v) is 68.0. The normalized spacial score (nSPS) is 14.5. The van der Waals surface area contributed by atoms with Crippen molar-refractivity contribution >= 4 is 161 Å². The molecular formula is C86H85Cl4F5N16O8. The van der Waals surface area contributed by atoms with Gasteiger partial charge < -0.3 is 80.4 Å². The molecule has 4 aliphatic heterocycles. The van der Waals surface area contributed by atoms with E-state index >= 15 is 0 Å². The third-order valence-corrected chi connectivity index (χ3v) is 21.5. The van der Waals surface area contributed by atoms with E-state index in [0.29, 0.717) is 147 Å². The van der Waals surface area contributed by atoms with Crippen LogP contribution in [-0.2, 0) is 11.8 Å². The molecule has 0 radical (unpaired) electrons. The van der Waals surface area contributed by atoms with E-state index in [2.05, 4.69) is 41.2 Å². The van der Waals surface area contributed by atoms with Gasteiger partial charge in [-0.2, -0.15) is 0 Å². The molecule has 8 aromatic carbocycles. The Balaban J connectivity index is 0.000000146. The summed E-state index contributed by atoms with van der Waals surface area (Å²) in [4.78, 5) is 127.